The van der Waals surface area contributed by atoms with Crippen LogP contribution in [0.3, 0.4) is 0 Å². The van der Waals surface area contributed by atoms with Gasteiger partial charge in [-0.15, -0.1) is 0 Å². The van der Waals surface area contributed by atoms with Gasteiger partial charge in [-0.05, 0) is 111 Å². The van der Waals surface area contributed by atoms with Crippen molar-refractivity contribution in [1.29, 1.82) is 0 Å². The molecule has 1 aromatic heterocycles. The Labute approximate surface area is 167 Å². The zero-order valence-corrected chi connectivity index (χ0v) is 18.6. The van der Waals surface area contributed by atoms with Crippen molar-refractivity contribution in [2.24, 2.45) is 0 Å². The predicted octanol–water partition coefficient (Wildman–Crippen LogP) is 4.41. The number of sulfonamides is 1. The van der Waals surface area contributed by atoms with Gasteiger partial charge in [0.1, 0.15) is 0 Å². The minimum absolute atomic E-state index is 0.0989. The molecule has 2 heterocycles. The molecular weight excluding hydrogens is 376 g/mol. The molecule has 0 aliphatic carbocycles. The van der Waals surface area contributed by atoms with E-state index in [-0.39, 0.29) is 6.04 Å². The Hall–Kier alpha value is -1.21. The van der Waals surface area contributed by atoms with Gasteiger partial charge in [0.25, 0.3) is 0 Å². The highest BCUT2D eigenvalue weighted by Crippen LogP contribution is 2.31. The highest BCUT2D eigenvalue weighted by Gasteiger charge is 2.28. The largest absolute Gasteiger partial charge is 0.295 e. The maximum Gasteiger partial charge on any atom is 0.241 e. The van der Waals surface area contributed by atoms with Gasteiger partial charge in [-0.3, -0.25) is 4.90 Å². The van der Waals surface area contributed by atoms with Crippen LogP contribution in [-0.2, 0) is 10.0 Å². The quantitative estimate of drug-likeness (QED) is 0.773. The van der Waals surface area contributed by atoms with Gasteiger partial charge in [0.15, 0.2) is 0 Å². The predicted molar refractivity (Wildman–Crippen MR) is 113 cm³/mol. The average molecular weight is 407 g/mol. The first-order chi connectivity index (χ1) is 12.7. The van der Waals surface area contributed by atoms with Gasteiger partial charge in [-0.2, -0.15) is 11.3 Å². The lowest BCUT2D eigenvalue weighted by Gasteiger charge is -2.28. The number of nitrogens with one attached hydrogen (secondary N) is 1. The minimum Gasteiger partial charge on any atom is -0.295 e. The van der Waals surface area contributed by atoms with Crippen molar-refractivity contribution in [3.8, 4) is 0 Å². The lowest BCUT2D eigenvalue weighted by Crippen LogP contribution is -2.37. The summed E-state index contributed by atoms with van der Waals surface area (Å²) in [5.74, 6) is 0. The van der Waals surface area contributed by atoms with Gasteiger partial charge >= 0.3 is 0 Å². The third kappa shape index (κ3) is 3.99. The van der Waals surface area contributed by atoms with Crippen LogP contribution in [0.4, 0.5) is 0 Å². The number of hydrogen-bond donors (Lipinski definition) is 1. The van der Waals surface area contributed by atoms with E-state index in [0.29, 0.717) is 11.4 Å². The summed E-state index contributed by atoms with van der Waals surface area (Å²) in [5.41, 5.74) is 6.22. The normalized spacial score (nSPS) is 16.8. The van der Waals surface area contributed by atoms with Crippen LogP contribution in [0.25, 0.3) is 0 Å². The molecule has 0 bridgehead atoms. The Bertz CT molecular complexity index is 883. The highest BCUT2D eigenvalue weighted by molar-refractivity contribution is 7.89. The first kappa shape index (κ1) is 20.5. The van der Waals surface area contributed by atoms with Crippen molar-refractivity contribution in [1.82, 2.24) is 9.62 Å². The van der Waals surface area contributed by atoms with Gasteiger partial charge < -0.3 is 0 Å². The van der Waals surface area contributed by atoms with E-state index >= 15 is 0 Å². The fraction of sp³-hybridized carbons (Fsp3) is 0.524. The van der Waals surface area contributed by atoms with E-state index in [4.69, 9.17) is 0 Å². The van der Waals surface area contributed by atoms with Gasteiger partial charge in [-0.25, -0.2) is 13.1 Å². The molecule has 0 saturated carbocycles. The molecule has 0 spiro atoms. The van der Waals surface area contributed by atoms with E-state index in [1.807, 2.05) is 27.7 Å². The van der Waals surface area contributed by atoms with Gasteiger partial charge in [-0.1, -0.05) is 0 Å². The molecule has 1 aromatic carbocycles. The summed E-state index contributed by atoms with van der Waals surface area (Å²) in [4.78, 5) is 2.85. The second-order valence-electron chi connectivity index (χ2n) is 7.62. The minimum atomic E-state index is -3.57. The van der Waals surface area contributed by atoms with E-state index in [9.17, 15) is 8.42 Å². The summed E-state index contributed by atoms with van der Waals surface area (Å²) in [6, 6.07) is 2.21. The van der Waals surface area contributed by atoms with Gasteiger partial charge in [0.05, 0.1) is 4.90 Å². The lowest BCUT2D eigenvalue weighted by atomic mass is 9.95. The van der Waals surface area contributed by atoms with E-state index in [2.05, 4.69) is 33.4 Å². The topological polar surface area (TPSA) is 49.4 Å². The second kappa shape index (κ2) is 8.03. The second-order valence-corrected chi connectivity index (χ2v) is 10.1. The molecular formula is C21H30N2O2S2. The third-order valence-electron chi connectivity index (χ3n) is 6.18. The smallest absolute Gasteiger partial charge is 0.241 e. The number of nitrogens with zero attached hydrogens (tertiary/aromatic N) is 1. The van der Waals surface area contributed by atoms with Crippen LogP contribution in [0.1, 0.15) is 52.3 Å². The van der Waals surface area contributed by atoms with Crippen molar-refractivity contribution < 1.29 is 8.42 Å². The Balaban J connectivity index is 1.90. The first-order valence-corrected chi connectivity index (χ1v) is 12.0. The van der Waals surface area contributed by atoms with Gasteiger partial charge in [0.2, 0.25) is 10.0 Å². The molecule has 1 N–H and O–H groups in total. The zero-order chi connectivity index (χ0) is 19.8. The van der Waals surface area contributed by atoms with Crippen molar-refractivity contribution in [2.45, 2.75) is 58.4 Å². The van der Waals surface area contributed by atoms with Crippen molar-refractivity contribution in [3.63, 3.8) is 0 Å². The maximum atomic E-state index is 13.3. The molecule has 1 saturated heterocycles. The summed E-state index contributed by atoms with van der Waals surface area (Å²) in [6.07, 6.45) is 2.36. The third-order valence-corrected chi connectivity index (χ3v) is 8.57. The molecule has 27 heavy (non-hydrogen) atoms. The van der Waals surface area contributed by atoms with Crippen LogP contribution < -0.4 is 4.72 Å². The SMILES string of the molecule is Cc1c(C)c(C)c(S(=O)(=O)NCC(c2ccsc2)N2CCCC2)c(C)c1C. The summed E-state index contributed by atoms with van der Waals surface area (Å²) in [5, 5.41) is 4.20. The average Bonchev–Trinajstić information content (AvgIpc) is 3.32. The Kier molecular flexibility index (Phi) is 6.11. The molecule has 0 amide bonds. The highest BCUT2D eigenvalue weighted by atomic mass is 32.2. The van der Waals surface area contributed by atoms with E-state index in [1.54, 1.807) is 11.3 Å². The maximum absolute atomic E-state index is 13.3. The van der Waals surface area contributed by atoms with Crippen LogP contribution >= 0.6 is 11.3 Å². The van der Waals surface area contributed by atoms with Crippen LogP contribution in [0.2, 0.25) is 0 Å². The molecule has 1 atom stereocenters. The van der Waals surface area contributed by atoms with Crippen molar-refractivity contribution in [2.75, 3.05) is 19.6 Å². The Morgan fingerprint density at radius 1 is 1.00 bits per heavy atom. The van der Waals surface area contributed by atoms with E-state index in [1.165, 1.54) is 24.0 Å². The van der Waals surface area contributed by atoms with E-state index < -0.39 is 10.0 Å². The number of hydrogen-bond acceptors (Lipinski definition) is 4. The molecule has 4 nitrogen and oxygen atoms in total. The van der Waals surface area contributed by atoms with Crippen LogP contribution in [0, 0.1) is 34.6 Å². The monoisotopic (exact) mass is 406 g/mol. The molecule has 1 unspecified atom stereocenters. The van der Waals surface area contributed by atoms with E-state index in [0.717, 1.165) is 35.3 Å². The fourth-order valence-electron chi connectivity index (χ4n) is 4.11. The zero-order valence-electron chi connectivity index (χ0n) is 16.9. The van der Waals surface area contributed by atoms with Crippen molar-refractivity contribution >= 4 is 21.4 Å². The molecule has 1 fully saturated rings. The Morgan fingerprint density at radius 3 is 2.07 bits per heavy atom. The molecule has 2 aromatic rings. The molecule has 3 rings (SSSR count). The number of thiophene rings is 1. The van der Waals surface area contributed by atoms with Crippen LogP contribution in [0.15, 0.2) is 21.7 Å². The summed E-state index contributed by atoms with van der Waals surface area (Å²) < 4.78 is 29.4. The molecule has 0 radical (unpaired) electrons. The molecule has 148 valence electrons. The van der Waals surface area contributed by atoms with Crippen LogP contribution in [-0.4, -0.2) is 33.0 Å². The van der Waals surface area contributed by atoms with Crippen LogP contribution in [0.5, 0.6) is 0 Å². The summed E-state index contributed by atoms with van der Waals surface area (Å²) >= 11 is 1.66. The summed E-state index contributed by atoms with van der Waals surface area (Å²) in [6.45, 7) is 12.4. The molecule has 1 aliphatic heterocycles. The molecule has 6 heteroatoms. The number of benzene rings is 1. The number of likely N-dealkylation sites (tertiary alicyclic amines) is 1. The Morgan fingerprint density at radius 2 is 1.56 bits per heavy atom. The first-order valence-electron chi connectivity index (χ1n) is 9.56. The summed E-state index contributed by atoms with van der Waals surface area (Å²) in [7, 11) is -3.57. The number of rotatable bonds is 6. The standard InChI is InChI=1S/C21H30N2O2S2/c1-14-15(2)17(4)21(18(5)16(14)3)27(24,25)22-12-20(19-8-11-26-13-19)23-9-6-7-10-23/h8,11,13,20,22H,6-7,9-10,12H2,1-5H3. The fourth-order valence-corrected chi connectivity index (χ4v) is 6.45. The lowest BCUT2D eigenvalue weighted by molar-refractivity contribution is 0.247. The molecule has 1 aliphatic rings. The van der Waals surface area contributed by atoms with Crippen molar-refractivity contribution in [3.05, 3.63) is 50.2 Å². The van der Waals surface area contributed by atoms with Gasteiger partial charge in [0, 0.05) is 12.6 Å².